The number of para-hydroxylation sites is 1. The molecule has 1 aromatic carbocycles. The van der Waals surface area contributed by atoms with E-state index in [0.717, 1.165) is 43.7 Å². The molecule has 0 aromatic heterocycles. The van der Waals surface area contributed by atoms with Crippen molar-refractivity contribution in [2.45, 2.75) is 45.2 Å². The SMILES string of the molecule is CCOC(=O)C1CCN(C(C)C(=O)NC2CCOc3ccccc32)CC1. The average Bonchev–Trinajstić information content (AvgIpc) is 2.68. The van der Waals surface area contributed by atoms with Crippen LogP contribution in [0.1, 0.15) is 44.7 Å². The van der Waals surface area contributed by atoms with E-state index >= 15 is 0 Å². The number of hydrogen-bond acceptors (Lipinski definition) is 5. The molecule has 0 saturated carbocycles. The van der Waals surface area contributed by atoms with Crippen molar-refractivity contribution in [3.8, 4) is 5.75 Å². The largest absolute Gasteiger partial charge is 0.493 e. The minimum absolute atomic E-state index is 0.00743. The predicted octanol–water partition coefficient (Wildman–Crippen LogP) is 2.29. The molecule has 26 heavy (non-hydrogen) atoms. The fourth-order valence-electron chi connectivity index (χ4n) is 3.73. The van der Waals surface area contributed by atoms with Crippen molar-refractivity contribution < 1.29 is 19.1 Å². The molecule has 3 rings (SSSR count). The molecular formula is C20H28N2O4. The molecule has 6 heteroatoms. The first-order valence-electron chi connectivity index (χ1n) is 9.53. The first-order valence-corrected chi connectivity index (χ1v) is 9.53. The maximum atomic E-state index is 12.8. The number of ether oxygens (including phenoxy) is 2. The van der Waals surface area contributed by atoms with Gasteiger partial charge >= 0.3 is 5.97 Å². The van der Waals surface area contributed by atoms with Gasteiger partial charge in [0, 0.05) is 12.0 Å². The van der Waals surface area contributed by atoms with Crippen LogP contribution in [0.15, 0.2) is 24.3 Å². The number of hydrogen-bond donors (Lipinski definition) is 1. The first kappa shape index (κ1) is 18.7. The van der Waals surface area contributed by atoms with Crippen LogP contribution in [0.25, 0.3) is 0 Å². The van der Waals surface area contributed by atoms with Gasteiger partial charge in [-0.2, -0.15) is 0 Å². The molecular weight excluding hydrogens is 332 g/mol. The summed E-state index contributed by atoms with van der Waals surface area (Å²) in [6.45, 7) is 6.27. The minimum Gasteiger partial charge on any atom is -0.493 e. The summed E-state index contributed by atoms with van der Waals surface area (Å²) in [6.07, 6.45) is 2.27. The average molecular weight is 360 g/mol. The van der Waals surface area contributed by atoms with Crippen molar-refractivity contribution in [1.82, 2.24) is 10.2 Å². The summed E-state index contributed by atoms with van der Waals surface area (Å²) in [4.78, 5) is 26.8. The van der Waals surface area contributed by atoms with Crippen LogP contribution in [0.2, 0.25) is 0 Å². The number of likely N-dealkylation sites (tertiary alicyclic amines) is 1. The fraction of sp³-hybridized carbons (Fsp3) is 0.600. The molecule has 0 bridgehead atoms. The molecule has 1 N–H and O–H groups in total. The fourth-order valence-corrected chi connectivity index (χ4v) is 3.73. The molecule has 2 unspecified atom stereocenters. The zero-order valence-electron chi connectivity index (χ0n) is 15.6. The van der Waals surface area contributed by atoms with E-state index in [1.807, 2.05) is 38.1 Å². The molecule has 0 spiro atoms. The Kier molecular flexibility index (Phi) is 6.14. The third kappa shape index (κ3) is 4.18. The lowest BCUT2D eigenvalue weighted by Gasteiger charge is -2.35. The Morgan fingerprint density at radius 1 is 1.27 bits per heavy atom. The second kappa shape index (κ2) is 8.54. The third-order valence-electron chi connectivity index (χ3n) is 5.35. The number of fused-ring (bicyclic) bond motifs is 1. The Balaban J connectivity index is 1.54. The van der Waals surface area contributed by atoms with E-state index in [1.54, 1.807) is 0 Å². The summed E-state index contributed by atoms with van der Waals surface area (Å²) in [5, 5.41) is 3.17. The number of rotatable bonds is 5. The second-order valence-electron chi connectivity index (χ2n) is 6.97. The highest BCUT2D eigenvalue weighted by Gasteiger charge is 2.32. The summed E-state index contributed by atoms with van der Waals surface area (Å²) in [7, 11) is 0. The van der Waals surface area contributed by atoms with Crippen molar-refractivity contribution in [1.29, 1.82) is 0 Å². The van der Waals surface area contributed by atoms with Gasteiger partial charge in [0.25, 0.3) is 0 Å². The van der Waals surface area contributed by atoms with Gasteiger partial charge in [-0.25, -0.2) is 0 Å². The topological polar surface area (TPSA) is 67.9 Å². The summed E-state index contributed by atoms with van der Waals surface area (Å²) < 4.78 is 10.8. The molecule has 6 nitrogen and oxygen atoms in total. The molecule has 2 aliphatic heterocycles. The van der Waals surface area contributed by atoms with Crippen LogP contribution in [0.4, 0.5) is 0 Å². The van der Waals surface area contributed by atoms with Crippen molar-refractivity contribution in [2.75, 3.05) is 26.3 Å². The zero-order chi connectivity index (χ0) is 18.5. The van der Waals surface area contributed by atoms with Gasteiger partial charge in [-0.15, -0.1) is 0 Å². The molecule has 1 aromatic rings. The van der Waals surface area contributed by atoms with E-state index in [1.165, 1.54) is 0 Å². The van der Waals surface area contributed by atoms with Gasteiger partial charge in [0.05, 0.1) is 31.2 Å². The number of carbonyl (C=O) groups is 2. The molecule has 0 radical (unpaired) electrons. The Morgan fingerprint density at radius 3 is 2.73 bits per heavy atom. The molecule has 1 saturated heterocycles. The lowest BCUT2D eigenvalue weighted by molar-refractivity contribution is -0.149. The van der Waals surface area contributed by atoms with Crippen molar-refractivity contribution in [2.24, 2.45) is 5.92 Å². The lowest BCUT2D eigenvalue weighted by atomic mass is 9.95. The molecule has 0 aliphatic carbocycles. The van der Waals surface area contributed by atoms with Gasteiger partial charge in [-0.3, -0.25) is 14.5 Å². The standard InChI is InChI=1S/C20H28N2O4/c1-3-25-20(24)15-8-11-22(12-9-15)14(2)19(23)21-17-10-13-26-18-7-5-4-6-16(17)18/h4-7,14-15,17H,3,8-13H2,1-2H3,(H,21,23). The molecule has 142 valence electrons. The minimum atomic E-state index is -0.215. The summed E-state index contributed by atoms with van der Waals surface area (Å²) in [6, 6.07) is 7.64. The van der Waals surface area contributed by atoms with Crippen LogP contribution in [0.5, 0.6) is 5.75 Å². The van der Waals surface area contributed by atoms with E-state index in [4.69, 9.17) is 9.47 Å². The Morgan fingerprint density at radius 2 is 2.00 bits per heavy atom. The third-order valence-corrected chi connectivity index (χ3v) is 5.35. The van der Waals surface area contributed by atoms with E-state index < -0.39 is 0 Å². The molecule has 1 amide bonds. The quantitative estimate of drug-likeness (QED) is 0.816. The number of piperidine rings is 1. The van der Waals surface area contributed by atoms with E-state index in [0.29, 0.717) is 13.2 Å². The predicted molar refractivity (Wildman–Crippen MR) is 97.8 cm³/mol. The number of nitrogens with zero attached hydrogens (tertiary/aromatic N) is 1. The number of nitrogens with one attached hydrogen (secondary N) is 1. The normalized spacial score (nSPS) is 22.0. The molecule has 2 aliphatic rings. The monoisotopic (exact) mass is 360 g/mol. The summed E-state index contributed by atoms with van der Waals surface area (Å²) in [5.41, 5.74) is 1.04. The van der Waals surface area contributed by atoms with Crippen LogP contribution in [0, 0.1) is 5.92 Å². The van der Waals surface area contributed by atoms with Crippen LogP contribution < -0.4 is 10.1 Å². The van der Waals surface area contributed by atoms with Crippen molar-refractivity contribution in [3.63, 3.8) is 0 Å². The van der Waals surface area contributed by atoms with Gasteiger partial charge < -0.3 is 14.8 Å². The van der Waals surface area contributed by atoms with Crippen LogP contribution in [0.3, 0.4) is 0 Å². The summed E-state index contributed by atoms with van der Waals surface area (Å²) in [5.74, 6) is 0.736. The maximum Gasteiger partial charge on any atom is 0.309 e. The maximum absolute atomic E-state index is 12.8. The highest BCUT2D eigenvalue weighted by Crippen LogP contribution is 2.31. The Hall–Kier alpha value is -2.08. The van der Waals surface area contributed by atoms with Gasteiger partial charge in [0.2, 0.25) is 5.91 Å². The molecule has 1 fully saturated rings. The molecule has 2 atom stereocenters. The zero-order valence-corrected chi connectivity index (χ0v) is 15.6. The smallest absolute Gasteiger partial charge is 0.309 e. The van der Waals surface area contributed by atoms with Gasteiger partial charge in [0.1, 0.15) is 5.75 Å². The number of amides is 1. The molecule has 2 heterocycles. The Labute approximate surface area is 154 Å². The van der Waals surface area contributed by atoms with Crippen LogP contribution in [-0.4, -0.2) is 49.1 Å². The second-order valence-corrected chi connectivity index (χ2v) is 6.97. The van der Waals surface area contributed by atoms with Crippen molar-refractivity contribution >= 4 is 11.9 Å². The van der Waals surface area contributed by atoms with Crippen molar-refractivity contribution in [3.05, 3.63) is 29.8 Å². The van der Waals surface area contributed by atoms with Gasteiger partial charge in [-0.1, -0.05) is 18.2 Å². The number of esters is 1. The Bertz CT molecular complexity index is 640. The van der Waals surface area contributed by atoms with E-state index in [9.17, 15) is 9.59 Å². The van der Waals surface area contributed by atoms with Crippen LogP contribution in [-0.2, 0) is 14.3 Å². The van der Waals surface area contributed by atoms with Gasteiger partial charge in [0.15, 0.2) is 0 Å². The van der Waals surface area contributed by atoms with Crippen LogP contribution >= 0.6 is 0 Å². The highest BCUT2D eigenvalue weighted by atomic mass is 16.5. The van der Waals surface area contributed by atoms with Gasteiger partial charge in [-0.05, 0) is 45.8 Å². The lowest BCUT2D eigenvalue weighted by Crippen LogP contribution is -2.50. The highest BCUT2D eigenvalue weighted by molar-refractivity contribution is 5.82. The number of carbonyl (C=O) groups excluding carboxylic acids is 2. The van der Waals surface area contributed by atoms with E-state index in [2.05, 4.69) is 10.2 Å². The first-order chi connectivity index (χ1) is 12.6. The summed E-state index contributed by atoms with van der Waals surface area (Å²) >= 11 is 0. The number of benzene rings is 1. The van der Waals surface area contributed by atoms with E-state index in [-0.39, 0.29) is 29.9 Å².